The van der Waals surface area contributed by atoms with E-state index in [0.29, 0.717) is 5.41 Å². The number of nitrogens with zero attached hydrogens (tertiary/aromatic N) is 1. The van der Waals surface area contributed by atoms with E-state index in [-0.39, 0.29) is 5.41 Å². The van der Waals surface area contributed by atoms with E-state index >= 15 is 0 Å². The quantitative estimate of drug-likeness (QED) is 0.745. The molecule has 0 aliphatic heterocycles. The van der Waals surface area contributed by atoms with Crippen LogP contribution in [0, 0.1) is 22.2 Å². The van der Waals surface area contributed by atoms with Gasteiger partial charge < -0.3 is 0 Å². The summed E-state index contributed by atoms with van der Waals surface area (Å²) in [5.41, 5.74) is 1.52. The monoisotopic (exact) mass is 305 g/mol. The smallest absolute Gasteiger partial charge is 0.0693 e. The molecule has 0 spiro atoms. The van der Waals surface area contributed by atoms with Crippen LogP contribution >= 0.6 is 15.9 Å². The van der Waals surface area contributed by atoms with E-state index in [1.165, 1.54) is 5.56 Å². The molecule has 0 heterocycles. The minimum Gasteiger partial charge on any atom is -0.198 e. The lowest BCUT2D eigenvalue weighted by atomic mass is 9.64. The van der Waals surface area contributed by atoms with Crippen molar-refractivity contribution in [3.05, 3.63) is 34.3 Å². The number of rotatable bonds is 2. The van der Waals surface area contributed by atoms with E-state index in [2.05, 4.69) is 54.0 Å². The van der Waals surface area contributed by atoms with Crippen molar-refractivity contribution < 1.29 is 0 Å². The molecule has 18 heavy (non-hydrogen) atoms. The predicted molar refractivity (Wildman–Crippen MR) is 78.1 cm³/mol. The second-order valence-corrected chi connectivity index (χ2v) is 7.18. The van der Waals surface area contributed by atoms with Gasteiger partial charge in [-0.15, -0.1) is 0 Å². The summed E-state index contributed by atoms with van der Waals surface area (Å²) >= 11 is 3.59. The molecule has 0 saturated heterocycles. The molecule has 1 aliphatic carbocycles. The van der Waals surface area contributed by atoms with Gasteiger partial charge in [-0.05, 0) is 49.1 Å². The molecule has 0 aromatic heterocycles. The van der Waals surface area contributed by atoms with Crippen molar-refractivity contribution in [3.63, 3.8) is 0 Å². The maximum absolute atomic E-state index is 9.60. The first-order chi connectivity index (χ1) is 8.46. The van der Waals surface area contributed by atoms with Gasteiger partial charge >= 0.3 is 0 Å². The summed E-state index contributed by atoms with van der Waals surface area (Å²) in [6.45, 7) is 4.62. The van der Waals surface area contributed by atoms with Crippen LogP contribution < -0.4 is 0 Å². The Morgan fingerprint density at radius 3 is 2.33 bits per heavy atom. The largest absolute Gasteiger partial charge is 0.198 e. The molecule has 2 heteroatoms. The van der Waals surface area contributed by atoms with E-state index < -0.39 is 0 Å². The van der Waals surface area contributed by atoms with Gasteiger partial charge in [0, 0.05) is 4.47 Å². The highest BCUT2D eigenvalue weighted by Crippen LogP contribution is 2.46. The fourth-order valence-corrected chi connectivity index (χ4v) is 3.16. The summed E-state index contributed by atoms with van der Waals surface area (Å²) in [6, 6.07) is 10.9. The van der Waals surface area contributed by atoms with Crippen LogP contribution in [-0.4, -0.2) is 0 Å². The number of nitriles is 1. The lowest BCUT2D eigenvalue weighted by molar-refractivity contribution is 0.146. The summed E-state index contributed by atoms with van der Waals surface area (Å²) in [6.07, 6.45) is 5.24. The zero-order chi connectivity index (χ0) is 13.2. The third-order valence-electron chi connectivity index (χ3n) is 4.28. The number of hydrogen-bond acceptors (Lipinski definition) is 1. The molecule has 96 valence electrons. The average Bonchev–Trinajstić information content (AvgIpc) is 2.35. The summed E-state index contributed by atoms with van der Waals surface area (Å²) in [5.74, 6) is 0. The Hall–Kier alpha value is -0.810. The van der Waals surface area contributed by atoms with Gasteiger partial charge in [0.25, 0.3) is 0 Å². The second-order valence-electron chi connectivity index (χ2n) is 6.32. The van der Waals surface area contributed by atoms with Crippen LogP contribution in [-0.2, 0) is 6.42 Å². The summed E-state index contributed by atoms with van der Waals surface area (Å²) in [5, 5.41) is 9.60. The summed E-state index contributed by atoms with van der Waals surface area (Å²) in [7, 11) is 0. The van der Waals surface area contributed by atoms with Crippen molar-refractivity contribution in [1.82, 2.24) is 0 Å². The molecular weight excluding hydrogens is 286 g/mol. The van der Waals surface area contributed by atoms with Crippen molar-refractivity contribution in [2.24, 2.45) is 10.8 Å². The van der Waals surface area contributed by atoms with Gasteiger partial charge in [0.05, 0.1) is 11.5 Å². The molecule has 1 aromatic rings. The van der Waals surface area contributed by atoms with Crippen LogP contribution in [0.4, 0.5) is 0 Å². The van der Waals surface area contributed by atoms with Crippen LogP contribution in [0.25, 0.3) is 0 Å². The minimum absolute atomic E-state index is 0.153. The highest BCUT2D eigenvalue weighted by molar-refractivity contribution is 9.10. The third-order valence-corrected chi connectivity index (χ3v) is 5.06. The molecule has 1 aliphatic rings. The highest BCUT2D eigenvalue weighted by Gasteiger charge is 2.38. The van der Waals surface area contributed by atoms with Gasteiger partial charge in [-0.3, -0.25) is 0 Å². The first-order valence-electron chi connectivity index (χ1n) is 6.61. The Kier molecular flexibility index (Phi) is 3.82. The van der Waals surface area contributed by atoms with Crippen LogP contribution in [0.1, 0.15) is 45.1 Å². The SMILES string of the molecule is CC1(C)CCC(C#N)(Cc2ccccc2Br)CC1. The molecule has 2 rings (SSSR count). The maximum Gasteiger partial charge on any atom is 0.0693 e. The second kappa shape index (κ2) is 5.05. The first-order valence-corrected chi connectivity index (χ1v) is 7.40. The predicted octanol–water partition coefficient (Wildman–Crippen LogP) is 5.10. The Balaban J connectivity index is 2.16. The fourth-order valence-electron chi connectivity index (χ4n) is 2.74. The molecule has 0 bridgehead atoms. The Labute approximate surface area is 118 Å². The molecule has 0 amide bonds. The van der Waals surface area contributed by atoms with Crippen LogP contribution in [0.2, 0.25) is 0 Å². The minimum atomic E-state index is -0.153. The van der Waals surface area contributed by atoms with E-state index in [4.69, 9.17) is 0 Å². The van der Waals surface area contributed by atoms with Gasteiger partial charge in [0.2, 0.25) is 0 Å². The molecule has 1 aromatic carbocycles. The van der Waals surface area contributed by atoms with E-state index in [1.807, 2.05) is 6.07 Å². The van der Waals surface area contributed by atoms with Gasteiger partial charge in [-0.1, -0.05) is 48.0 Å². The molecule has 1 saturated carbocycles. The highest BCUT2D eigenvalue weighted by atomic mass is 79.9. The average molecular weight is 306 g/mol. The van der Waals surface area contributed by atoms with Crippen molar-refractivity contribution in [2.45, 2.75) is 46.0 Å². The van der Waals surface area contributed by atoms with Gasteiger partial charge in [0.1, 0.15) is 0 Å². The molecule has 1 fully saturated rings. The molecular formula is C16H20BrN. The summed E-state index contributed by atoms with van der Waals surface area (Å²) in [4.78, 5) is 0. The number of halogens is 1. The van der Waals surface area contributed by atoms with E-state index in [1.54, 1.807) is 0 Å². The Morgan fingerprint density at radius 1 is 1.17 bits per heavy atom. The Bertz CT molecular complexity index is 460. The molecule has 0 radical (unpaired) electrons. The van der Waals surface area contributed by atoms with Gasteiger partial charge in [-0.25, -0.2) is 0 Å². The summed E-state index contributed by atoms with van der Waals surface area (Å²) < 4.78 is 1.13. The van der Waals surface area contributed by atoms with Crippen molar-refractivity contribution in [1.29, 1.82) is 5.26 Å². The lowest BCUT2D eigenvalue weighted by Crippen LogP contribution is -2.31. The normalized spacial score (nSPS) is 21.2. The van der Waals surface area contributed by atoms with Crippen LogP contribution in [0.15, 0.2) is 28.7 Å². The van der Waals surface area contributed by atoms with E-state index in [0.717, 1.165) is 36.6 Å². The zero-order valence-electron chi connectivity index (χ0n) is 11.2. The van der Waals surface area contributed by atoms with Crippen molar-refractivity contribution in [3.8, 4) is 6.07 Å². The standard InChI is InChI=1S/C16H20BrN/c1-15(2)7-9-16(12-18,10-8-15)11-13-5-3-4-6-14(13)17/h3-6H,7-11H2,1-2H3. The maximum atomic E-state index is 9.60. The van der Waals surface area contributed by atoms with Gasteiger partial charge in [0.15, 0.2) is 0 Å². The molecule has 0 unspecified atom stereocenters. The van der Waals surface area contributed by atoms with Crippen LogP contribution in [0.5, 0.6) is 0 Å². The van der Waals surface area contributed by atoms with Crippen molar-refractivity contribution in [2.75, 3.05) is 0 Å². The Morgan fingerprint density at radius 2 is 1.78 bits per heavy atom. The number of hydrogen-bond donors (Lipinski definition) is 0. The lowest BCUT2D eigenvalue weighted by Gasteiger charge is -2.39. The first kappa shape index (κ1) is 13.6. The van der Waals surface area contributed by atoms with Gasteiger partial charge in [-0.2, -0.15) is 5.26 Å². The molecule has 0 N–H and O–H groups in total. The topological polar surface area (TPSA) is 23.8 Å². The molecule has 0 atom stereocenters. The number of benzene rings is 1. The third kappa shape index (κ3) is 2.95. The zero-order valence-corrected chi connectivity index (χ0v) is 12.8. The van der Waals surface area contributed by atoms with Crippen LogP contribution in [0.3, 0.4) is 0 Å². The van der Waals surface area contributed by atoms with E-state index in [9.17, 15) is 5.26 Å². The molecule has 1 nitrogen and oxygen atoms in total. The fraction of sp³-hybridized carbons (Fsp3) is 0.562. The van der Waals surface area contributed by atoms with Crippen molar-refractivity contribution >= 4 is 15.9 Å².